The van der Waals surface area contributed by atoms with Gasteiger partial charge in [0, 0.05) is 17.8 Å². The molecular formula is C11H22N2O5S. The van der Waals surface area contributed by atoms with Crippen LogP contribution in [0.15, 0.2) is 0 Å². The van der Waals surface area contributed by atoms with Crippen molar-refractivity contribution in [2.45, 2.75) is 39.3 Å². The van der Waals surface area contributed by atoms with E-state index in [1.54, 1.807) is 27.7 Å². The molecule has 8 heteroatoms. The number of rotatable bonds is 5. The first kappa shape index (κ1) is 17.7. The molecule has 2 N–H and O–H groups in total. The number of sulfone groups is 1. The molecule has 7 nitrogen and oxygen atoms in total. The zero-order valence-electron chi connectivity index (χ0n) is 11.9. The van der Waals surface area contributed by atoms with Gasteiger partial charge in [-0.1, -0.05) is 0 Å². The van der Waals surface area contributed by atoms with Crippen LogP contribution in [0.3, 0.4) is 0 Å². The van der Waals surface area contributed by atoms with Crippen molar-refractivity contribution in [3.8, 4) is 0 Å². The smallest absolute Gasteiger partial charge is 0.323 e. The largest absolute Gasteiger partial charge is 0.480 e. The van der Waals surface area contributed by atoms with Crippen LogP contribution in [-0.4, -0.2) is 60.6 Å². The van der Waals surface area contributed by atoms with Crippen molar-refractivity contribution in [1.82, 2.24) is 10.2 Å². The highest BCUT2D eigenvalue weighted by Crippen LogP contribution is 2.13. The quantitative estimate of drug-likeness (QED) is 0.759. The molecule has 0 saturated carbocycles. The van der Waals surface area contributed by atoms with E-state index in [0.717, 1.165) is 11.2 Å². The lowest BCUT2D eigenvalue weighted by Crippen LogP contribution is -2.54. The number of carbonyl (C=O) groups excluding carboxylic acids is 1. The number of aliphatic carboxylic acids is 1. The molecular weight excluding hydrogens is 272 g/mol. The minimum atomic E-state index is -3.20. The monoisotopic (exact) mass is 294 g/mol. The van der Waals surface area contributed by atoms with Crippen LogP contribution >= 0.6 is 0 Å². The van der Waals surface area contributed by atoms with E-state index in [0.29, 0.717) is 0 Å². The molecule has 0 aromatic carbocycles. The second-order valence-electron chi connectivity index (χ2n) is 5.59. The summed E-state index contributed by atoms with van der Waals surface area (Å²) in [5.74, 6) is -1.31. The molecule has 112 valence electrons. The molecule has 1 atom stereocenters. The summed E-state index contributed by atoms with van der Waals surface area (Å²) in [7, 11) is -3.20. The molecule has 0 aliphatic heterocycles. The lowest BCUT2D eigenvalue weighted by Gasteiger charge is -2.35. The maximum Gasteiger partial charge on any atom is 0.323 e. The standard InChI is InChI=1S/C11H22N2O5S/c1-8(7-19(5,17)18)12-10(16)13(6-9(14)15)11(2,3)4/h8H,6-7H2,1-5H3,(H,12,16)(H,14,15). The molecule has 0 aliphatic rings. The second-order valence-corrected chi connectivity index (χ2v) is 7.78. The van der Waals surface area contributed by atoms with Gasteiger partial charge in [-0.05, 0) is 27.7 Å². The molecule has 2 amide bonds. The van der Waals surface area contributed by atoms with Crippen LogP contribution in [-0.2, 0) is 14.6 Å². The fourth-order valence-electron chi connectivity index (χ4n) is 1.53. The summed E-state index contributed by atoms with van der Waals surface area (Å²) in [6.45, 7) is 6.23. The molecule has 0 aromatic rings. The highest BCUT2D eigenvalue weighted by Gasteiger charge is 2.29. The van der Waals surface area contributed by atoms with Gasteiger partial charge in [0.1, 0.15) is 16.4 Å². The predicted molar refractivity (Wildman–Crippen MR) is 71.8 cm³/mol. The Labute approximate surface area is 113 Å². The molecule has 0 fully saturated rings. The van der Waals surface area contributed by atoms with E-state index in [-0.39, 0.29) is 5.75 Å². The second kappa shape index (κ2) is 6.23. The van der Waals surface area contributed by atoms with Crippen molar-refractivity contribution in [3.05, 3.63) is 0 Å². The summed E-state index contributed by atoms with van der Waals surface area (Å²) in [4.78, 5) is 23.9. The number of urea groups is 1. The van der Waals surface area contributed by atoms with Crippen LogP contribution in [0.5, 0.6) is 0 Å². The van der Waals surface area contributed by atoms with Gasteiger partial charge in [0.15, 0.2) is 0 Å². The van der Waals surface area contributed by atoms with Crippen LogP contribution in [0.1, 0.15) is 27.7 Å². The summed E-state index contributed by atoms with van der Waals surface area (Å²) in [5.41, 5.74) is -0.673. The molecule has 0 saturated heterocycles. The molecule has 0 rings (SSSR count). The van der Waals surface area contributed by atoms with Gasteiger partial charge in [-0.25, -0.2) is 13.2 Å². The Hall–Kier alpha value is -1.31. The van der Waals surface area contributed by atoms with Gasteiger partial charge < -0.3 is 15.3 Å². The van der Waals surface area contributed by atoms with Gasteiger partial charge in [-0.3, -0.25) is 4.79 Å². The maximum atomic E-state index is 12.0. The number of amides is 2. The highest BCUT2D eigenvalue weighted by molar-refractivity contribution is 7.90. The maximum absolute atomic E-state index is 12.0. The van der Waals surface area contributed by atoms with Crippen molar-refractivity contribution in [3.63, 3.8) is 0 Å². The average molecular weight is 294 g/mol. The number of hydrogen-bond acceptors (Lipinski definition) is 4. The van der Waals surface area contributed by atoms with E-state index in [1.807, 2.05) is 0 Å². The Bertz CT molecular complexity index is 438. The molecule has 0 aromatic heterocycles. The molecule has 0 bridgehead atoms. The minimum absolute atomic E-state index is 0.191. The highest BCUT2D eigenvalue weighted by atomic mass is 32.2. The molecule has 0 spiro atoms. The molecule has 0 heterocycles. The summed E-state index contributed by atoms with van der Waals surface area (Å²) in [6, 6.07) is -1.17. The van der Waals surface area contributed by atoms with Gasteiger partial charge in [0.05, 0.1) is 5.75 Å². The zero-order chi connectivity index (χ0) is 15.4. The van der Waals surface area contributed by atoms with E-state index in [9.17, 15) is 18.0 Å². The van der Waals surface area contributed by atoms with Crippen molar-refractivity contribution in [2.24, 2.45) is 0 Å². The number of carboxylic acid groups (broad SMARTS) is 1. The Kier molecular flexibility index (Phi) is 5.80. The normalized spacial score (nSPS) is 13.7. The topological polar surface area (TPSA) is 104 Å². The van der Waals surface area contributed by atoms with E-state index in [1.165, 1.54) is 0 Å². The van der Waals surface area contributed by atoms with Gasteiger partial charge >= 0.3 is 12.0 Å². The Morgan fingerprint density at radius 2 is 1.79 bits per heavy atom. The summed E-state index contributed by atoms with van der Waals surface area (Å²) in [5, 5.41) is 11.3. The first-order chi connectivity index (χ1) is 8.33. The predicted octanol–water partition coefficient (Wildman–Crippen LogP) is 0.314. The summed E-state index contributed by atoms with van der Waals surface area (Å²) < 4.78 is 22.2. The van der Waals surface area contributed by atoms with Gasteiger partial charge in [0.2, 0.25) is 0 Å². The number of hydrogen-bond donors (Lipinski definition) is 2. The lowest BCUT2D eigenvalue weighted by atomic mass is 10.1. The number of carboxylic acids is 1. The molecule has 0 aliphatic carbocycles. The van der Waals surface area contributed by atoms with E-state index < -0.39 is 40.0 Å². The molecule has 0 radical (unpaired) electrons. The number of nitrogens with zero attached hydrogens (tertiary/aromatic N) is 1. The molecule has 19 heavy (non-hydrogen) atoms. The number of carbonyl (C=O) groups is 2. The van der Waals surface area contributed by atoms with Crippen LogP contribution in [0.25, 0.3) is 0 Å². The van der Waals surface area contributed by atoms with Crippen molar-refractivity contribution >= 4 is 21.8 Å². The van der Waals surface area contributed by atoms with E-state index in [4.69, 9.17) is 5.11 Å². The zero-order valence-corrected chi connectivity index (χ0v) is 12.7. The van der Waals surface area contributed by atoms with Crippen LogP contribution < -0.4 is 5.32 Å². The van der Waals surface area contributed by atoms with E-state index in [2.05, 4.69) is 5.32 Å². The fraction of sp³-hybridized carbons (Fsp3) is 0.818. The third-order valence-corrected chi connectivity index (χ3v) is 3.38. The van der Waals surface area contributed by atoms with Crippen LogP contribution in [0.2, 0.25) is 0 Å². The van der Waals surface area contributed by atoms with E-state index >= 15 is 0 Å². The Balaban J connectivity index is 4.79. The van der Waals surface area contributed by atoms with Crippen molar-refractivity contribution < 1.29 is 23.1 Å². The van der Waals surface area contributed by atoms with Crippen molar-refractivity contribution in [1.29, 1.82) is 0 Å². The van der Waals surface area contributed by atoms with Crippen LogP contribution in [0.4, 0.5) is 4.79 Å². The summed E-state index contributed by atoms with van der Waals surface area (Å²) in [6.07, 6.45) is 1.08. The third kappa shape index (κ3) is 7.66. The molecule has 1 unspecified atom stereocenters. The van der Waals surface area contributed by atoms with Gasteiger partial charge in [0.25, 0.3) is 0 Å². The Morgan fingerprint density at radius 1 is 1.32 bits per heavy atom. The van der Waals surface area contributed by atoms with Gasteiger partial charge in [-0.2, -0.15) is 0 Å². The first-order valence-corrected chi connectivity index (χ1v) is 7.86. The summed E-state index contributed by atoms with van der Waals surface area (Å²) >= 11 is 0. The number of nitrogens with one attached hydrogen (secondary N) is 1. The van der Waals surface area contributed by atoms with Crippen LogP contribution in [0, 0.1) is 0 Å². The first-order valence-electron chi connectivity index (χ1n) is 5.80. The van der Waals surface area contributed by atoms with Gasteiger partial charge in [-0.15, -0.1) is 0 Å². The minimum Gasteiger partial charge on any atom is -0.480 e. The average Bonchev–Trinajstić information content (AvgIpc) is 2.08. The lowest BCUT2D eigenvalue weighted by molar-refractivity contribution is -0.138. The van der Waals surface area contributed by atoms with Crippen molar-refractivity contribution in [2.75, 3.05) is 18.6 Å². The SMILES string of the molecule is CC(CS(C)(=O)=O)NC(=O)N(CC(=O)O)C(C)(C)C. The fourth-order valence-corrected chi connectivity index (χ4v) is 2.52. The third-order valence-electron chi connectivity index (χ3n) is 2.27. The Morgan fingerprint density at radius 3 is 2.11 bits per heavy atom.